The number of hydrogen-bond donors (Lipinski definition) is 2. The molecule has 0 aliphatic heterocycles. The van der Waals surface area contributed by atoms with Crippen LogP contribution < -0.4 is 10.9 Å². The number of amides is 1. The lowest BCUT2D eigenvalue weighted by molar-refractivity contribution is -0.138. The molecular formula is C21H17N5O3. The summed E-state index contributed by atoms with van der Waals surface area (Å²) in [7, 11) is 0. The molecule has 0 saturated carbocycles. The molecule has 3 aromatic rings. The van der Waals surface area contributed by atoms with E-state index in [4.69, 9.17) is 10.00 Å². The highest BCUT2D eigenvalue weighted by Gasteiger charge is 2.14. The summed E-state index contributed by atoms with van der Waals surface area (Å²) in [5.74, 6) is -1.23. The van der Waals surface area contributed by atoms with Crippen molar-refractivity contribution >= 4 is 22.8 Å². The fraction of sp³-hybridized carbons (Fsp3) is 0.0952. The van der Waals surface area contributed by atoms with Crippen LogP contribution in [0, 0.1) is 11.3 Å². The van der Waals surface area contributed by atoms with Crippen LogP contribution in [0.15, 0.2) is 66.5 Å². The van der Waals surface area contributed by atoms with Gasteiger partial charge in [0, 0.05) is 17.8 Å². The van der Waals surface area contributed by atoms with Crippen molar-refractivity contribution in [2.24, 2.45) is 0 Å². The quantitative estimate of drug-likeness (QED) is 0.289. The van der Waals surface area contributed by atoms with Gasteiger partial charge >= 0.3 is 5.97 Å². The molecule has 144 valence electrons. The lowest BCUT2D eigenvalue weighted by Gasteiger charge is -2.10. The first-order chi connectivity index (χ1) is 14.1. The van der Waals surface area contributed by atoms with Gasteiger partial charge in [-0.05, 0) is 31.2 Å². The van der Waals surface area contributed by atoms with Crippen LogP contribution in [0.25, 0.3) is 22.3 Å². The molecule has 2 N–H and O–H groups in total. The second-order valence-corrected chi connectivity index (χ2v) is 5.78. The van der Waals surface area contributed by atoms with Gasteiger partial charge in [-0.25, -0.2) is 9.78 Å². The van der Waals surface area contributed by atoms with Crippen molar-refractivity contribution in [3.63, 3.8) is 0 Å². The van der Waals surface area contributed by atoms with Crippen LogP contribution in [0.4, 0.5) is 0 Å². The number of nitriles is 1. The van der Waals surface area contributed by atoms with E-state index < -0.39 is 11.9 Å². The summed E-state index contributed by atoms with van der Waals surface area (Å²) < 4.78 is 4.76. The third kappa shape index (κ3) is 4.54. The zero-order valence-corrected chi connectivity index (χ0v) is 15.5. The second-order valence-electron chi connectivity index (χ2n) is 5.78. The topological polar surface area (TPSA) is 117 Å². The van der Waals surface area contributed by atoms with Gasteiger partial charge in [-0.15, -0.1) is 0 Å². The Morgan fingerprint density at radius 2 is 1.97 bits per heavy atom. The van der Waals surface area contributed by atoms with Gasteiger partial charge in [0.25, 0.3) is 5.91 Å². The van der Waals surface area contributed by atoms with Crippen LogP contribution in [0.3, 0.4) is 0 Å². The van der Waals surface area contributed by atoms with Gasteiger partial charge in [-0.3, -0.25) is 15.2 Å². The van der Waals surface area contributed by atoms with Crippen molar-refractivity contribution in [1.82, 2.24) is 20.8 Å². The number of hydrazine groups is 1. The molecule has 0 spiro atoms. The van der Waals surface area contributed by atoms with Gasteiger partial charge in [-0.1, -0.05) is 24.3 Å². The molecule has 0 aliphatic rings. The summed E-state index contributed by atoms with van der Waals surface area (Å²) in [6.07, 6.45) is 2.73. The Labute approximate surface area is 166 Å². The molecule has 0 aliphatic carbocycles. The smallest absolute Gasteiger partial charge is 0.350 e. The molecule has 0 atom stereocenters. The summed E-state index contributed by atoms with van der Waals surface area (Å²) in [4.78, 5) is 33.2. The molecule has 0 radical (unpaired) electrons. The standard InChI is InChI=1S/C21H17N5O3/c1-2-29-21(28)14(12-22)13-24-26-20(27)16-11-19(18-9-5-6-10-23-18)25-17-8-4-3-7-15(16)17/h3-11,13,24H,2H2,1H3,(H,26,27)/b14-13+. The van der Waals surface area contributed by atoms with Gasteiger partial charge in [0.1, 0.15) is 6.07 Å². The Balaban J connectivity index is 1.89. The Morgan fingerprint density at radius 1 is 1.17 bits per heavy atom. The number of carbonyl (C=O) groups excluding carboxylic acids is 2. The van der Waals surface area contributed by atoms with Gasteiger partial charge in [0.05, 0.1) is 29.1 Å². The molecule has 1 amide bonds. The molecule has 2 aromatic heterocycles. The largest absolute Gasteiger partial charge is 0.462 e. The maximum atomic E-state index is 12.8. The van der Waals surface area contributed by atoms with E-state index in [9.17, 15) is 9.59 Å². The summed E-state index contributed by atoms with van der Waals surface area (Å²) in [6, 6.07) is 16.0. The number of benzene rings is 1. The maximum Gasteiger partial charge on any atom is 0.350 e. The van der Waals surface area contributed by atoms with Crippen LogP contribution in [-0.4, -0.2) is 28.5 Å². The highest BCUT2D eigenvalue weighted by atomic mass is 16.5. The first-order valence-electron chi connectivity index (χ1n) is 8.78. The number of rotatable bonds is 6. The van der Waals surface area contributed by atoms with Crippen LogP contribution >= 0.6 is 0 Å². The molecule has 3 rings (SSSR count). The highest BCUT2D eigenvalue weighted by Crippen LogP contribution is 2.23. The Hall–Kier alpha value is -4.25. The van der Waals surface area contributed by atoms with E-state index in [1.165, 1.54) is 0 Å². The molecule has 29 heavy (non-hydrogen) atoms. The van der Waals surface area contributed by atoms with Gasteiger partial charge in [0.15, 0.2) is 5.57 Å². The van der Waals surface area contributed by atoms with Gasteiger partial charge < -0.3 is 10.2 Å². The number of esters is 1. The first kappa shape index (κ1) is 19.5. The fourth-order valence-corrected chi connectivity index (χ4v) is 2.60. The summed E-state index contributed by atoms with van der Waals surface area (Å²) >= 11 is 0. The van der Waals surface area contributed by atoms with Crippen molar-refractivity contribution in [3.05, 3.63) is 72.1 Å². The zero-order chi connectivity index (χ0) is 20.6. The SMILES string of the molecule is CCOC(=O)/C(C#N)=C/NNC(=O)c1cc(-c2ccccn2)nc2ccccc12. The van der Waals surface area contributed by atoms with E-state index in [1.807, 2.05) is 18.2 Å². The molecule has 0 bridgehead atoms. The van der Waals surface area contributed by atoms with E-state index in [-0.39, 0.29) is 12.2 Å². The molecular weight excluding hydrogens is 370 g/mol. The minimum absolute atomic E-state index is 0.142. The fourth-order valence-electron chi connectivity index (χ4n) is 2.60. The average molecular weight is 387 g/mol. The van der Waals surface area contributed by atoms with Crippen molar-refractivity contribution in [2.45, 2.75) is 6.92 Å². The lowest BCUT2D eigenvalue weighted by Crippen LogP contribution is -2.34. The molecule has 8 nitrogen and oxygen atoms in total. The van der Waals surface area contributed by atoms with Crippen molar-refractivity contribution < 1.29 is 14.3 Å². The maximum absolute atomic E-state index is 12.8. The van der Waals surface area contributed by atoms with Crippen LogP contribution in [0.1, 0.15) is 17.3 Å². The van der Waals surface area contributed by atoms with Crippen molar-refractivity contribution in [1.29, 1.82) is 5.26 Å². The number of nitrogens with one attached hydrogen (secondary N) is 2. The monoisotopic (exact) mass is 387 g/mol. The van der Waals surface area contributed by atoms with Crippen LogP contribution in [0.2, 0.25) is 0 Å². The number of aromatic nitrogens is 2. The Kier molecular flexibility index (Phi) is 6.12. The number of pyridine rings is 2. The van der Waals surface area contributed by atoms with E-state index in [2.05, 4.69) is 20.8 Å². The number of ether oxygens (including phenoxy) is 1. The van der Waals surface area contributed by atoms with E-state index >= 15 is 0 Å². The van der Waals surface area contributed by atoms with E-state index in [1.54, 1.807) is 49.5 Å². The van der Waals surface area contributed by atoms with E-state index in [0.717, 1.165) is 6.20 Å². The highest BCUT2D eigenvalue weighted by molar-refractivity contribution is 6.07. The minimum atomic E-state index is -0.774. The normalized spacial score (nSPS) is 10.8. The minimum Gasteiger partial charge on any atom is -0.462 e. The second kappa shape index (κ2) is 9.10. The van der Waals surface area contributed by atoms with Crippen molar-refractivity contribution in [3.8, 4) is 17.5 Å². The molecule has 0 saturated heterocycles. The van der Waals surface area contributed by atoms with Crippen LogP contribution in [0.5, 0.6) is 0 Å². The third-order valence-corrected chi connectivity index (χ3v) is 3.91. The molecule has 1 aromatic carbocycles. The zero-order valence-electron chi connectivity index (χ0n) is 15.5. The Morgan fingerprint density at radius 3 is 2.69 bits per heavy atom. The summed E-state index contributed by atoms with van der Waals surface area (Å²) in [6.45, 7) is 1.78. The molecule has 0 unspecified atom stereocenters. The molecule has 2 heterocycles. The number of para-hydroxylation sites is 1. The first-order valence-corrected chi connectivity index (χ1v) is 8.78. The van der Waals surface area contributed by atoms with Gasteiger partial charge in [-0.2, -0.15) is 5.26 Å². The summed E-state index contributed by atoms with van der Waals surface area (Å²) in [5, 5.41) is 9.68. The molecule has 8 heteroatoms. The van der Waals surface area contributed by atoms with Gasteiger partial charge in [0.2, 0.25) is 0 Å². The average Bonchev–Trinajstić information content (AvgIpc) is 2.76. The number of fused-ring (bicyclic) bond motifs is 1. The number of carbonyl (C=O) groups is 2. The van der Waals surface area contributed by atoms with E-state index in [0.29, 0.717) is 27.9 Å². The lowest BCUT2D eigenvalue weighted by atomic mass is 10.1. The number of hydrogen-bond acceptors (Lipinski definition) is 7. The van der Waals surface area contributed by atoms with Crippen molar-refractivity contribution in [2.75, 3.05) is 6.61 Å². The third-order valence-electron chi connectivity index (χ3n) is 3.91. The Bertz CT molecular complexity index is 1120. The molecule has 0 fully saturated rings. The summed E-state index contributed by atoms with van der Waals surface area (Å²) in [5.41, 5.74) is 6.86. The van der Waals surface area contributed by atoms with Crippen LogP contribution in [-0.2, 0) is 9.53 Å². The predicted molar refractivity (Wildman–Crippen MR) is 106 cm³/mol. The number of nitrogens with zero attached hydrogens (tertiary/aromatic N) is 3. The predicted octanol–water partition coefficient (Wildman–Crippen LogP) is 2.50.